The van der Waals surface area contributed by atoms with Crippen molar-refractivity contribution in [1.82, 2.24) is 15.3 Å². The third kappa shape index (κ3) is 5.95. The summed E-state index contributed by atoms with van der Waals surface area (Å²) in [6.45, 7) is 5.53. The van der Waals surface area contributed by atoms with Gasteiger partial charge in [-0.2, -0.15) is 0 Å². The predicted molar refractivity (Wildman–Crippen MR) is 92.4 cm³/mol. The minimum Gasteiger partial charge on any atom is -0.354 e. The van der Waals surface area contributed by atoms with Crippen LogP contribution in [-0.2, 0) is 6.42 Å². The Balaban J connectivity index is 1.82. The molecule has 0 aliphatic heterocycles. The van der Waals surface area contributed by atoms with Crippen LogP contribution in [0.2, 0.25) is 0 Å². The van der Waals surface area contributed by atoms with Crippen LogP contribution in [0, 0.1) is 11.7 Å². The second-order valence-corrected chi connectivity index (χ2v) is 6.01. The molecule has 128 valence electrons. The molecule has 1 amide bonds. The molecular formula is C18H23FN4O. The summed E-state index contributed by atoms with van der Waals surface area (Å²) in [7, 11) is 0. The van der Waals surface area contributed by atoms with Crippen molar-refractivity contribution in [3.05, 3.63) is 53.6 Å². The van der Waals surface area contributed by atoms with Crippen LogP contribution >= 0.6 is 0 Å². The summed E-state index contributed by atoms with van der Waals surface area (Å²) >= 11 is 0. The number of carbonyl (C=O) groups is 1. The standard InChI is InChI=1S/C18H23FN4O/c1-13(2)7-10-21-18-22-12-9-16(23-18)17(24)20-11-8-14-3-5-15(19)6-4-14/h3-6,9,12-13H,7-8,10-11H2,1-2H3,(H,20,24)(H,21,22,23). The van der Waals surface area contributed by atoms with Gasteiger partial charge < -0.3 is 10.6 Å². The molecule has 2 rings (SSSR count). The molecule has 1 aromatic heterocycles. The van der Waals surface area contributed by atoms with Crippen molar-refractivity contribution in [3.63, 3.8) is 0 Å². The second kappa shape index (κ2) is 8.96. The van der Waals surface area contributed by atoms with E-state index < -0.39 is 0 Å². The van der Waals surface area contributed by atoms with E-state index in [1.165, 1.54) is 12.1 Å². The molecule has 1 heterocycles. The van der Waals surface area contributed by atoms with Gasteiger partial charge >= 0.3 is 0 Å². The van der Waals surface area contributed by atoms with Crippen molar-refractivity contribution in [2.45, 2.75) is 26.7 Å². The van der Waals surface area contributed by atoms with E-state index in [1.54, 1.807) is 24.4 Å². The first-order valence-corrected chi connectivity index (χ1v) is 8.14. The van der Waals surface area contributed by atoms with E-state index >= 15 is 0 Å². The summed E-state index contributed by atoms with van der Waals surface area (Å²) in [6, 6.07) is 7.83. The average molecular weight is 330 g/mol. The Morgan fingerprint density at radius 2 is 1.92 bits per heavy atom. The predicted octanol–water partition coefficient (Wildman–Crippen LogP) is 3.05. The molecule has 5 nitrogen and oxygen atoms in total. The summed E-state index contributed by atoms with van der Waals surface area (Å²) in [5.74, 6) is 0.546. The first-order valence-electron chi connectivity index (χ1n) is 8.14. The second-order valence-electron chi connectivity index (χ2n) is 6.01. The smallest absolute Gasteiger partial charge is 0.270 e. The fourth-order valence-corrected chi connectivity index (χ4v) is 2.10. The molecule has 0 fully saturated rings. The Kier molecular flexibility index (Phi) is 6.66. The van der Waals surface area contributed by atoms with E-state index in [0.717, 1.165) is 18.5 Å². The van der Waals surface area contributed by atoms with Gasteiger partial charge in [0.25, 0.3) is 5.91 Å². The summed E-state index contributed by atoms with van der Waals surface area (Å²) in [5, 5.41) is 5.93. The van der Waals surface area contributed by atoms with E-state index in [0.29, 0.717) is 30.5 Å². The highest BCUT2D eigenvalue weighted by Crippen LogP contribution is 2.05. The van der Waals surface area contributed by atoms with Crippen LogP contribution in [0.15, 0.2) is 36.5 Å². The molecule has 1 aromatic carbocycles. The van der Waals surface area contributed by atoms with Crippen LogP contribution in [0.25, 0.3) is 0 Å². The van der Waals surface area contributed by atoms with Crippen LogP contribution in [0.1, 0.15) is 36.3 Å². The van der Waals surface area contributed by atoms with Crippen molar-refractivity contribution in [2.75, 3.05) is 18.4 Å². The number of halogens is 1. The van der Waals surface area contributed by atoms with Gasteiger partial charge in [0.1, 0.15) is 11.5 Å². The van der Waals surface area contributed by atoms with Crippen molar-refractivity contribution in [1.29, 1.82) is 0 Å². The molecule has 0 bridgehead atoms. The minimum absolute atomic E-state index is 0.244. The molecule has 0 saturated carbocycles. The van der Waals surface area contributed by atoms with Gasteiger partial charge in [-0.25, -0.2) is 14.4 Å². The lowest BCUT2D eigenvalue weighted by Gasteiger charge is -2.08. The largest absolute Gasteiger partial charge is 0.354 e. The van der Waals surface area contributed by atoms with Crippen LogP contribution in [0.4, 0.5) is 10.3 Å². The normalized spacial score (nSPS) is 10.7. The van der Waals surface area contributed by atoms with Crippen LogP contribution in [0.5, 0.6) is 0 Å². The minimum atomic E-state index is -0.263. The fraction of sp³-hybridized carbons (Fsp3) is 0.389. The first-order chi connectivity index (χ1) is 11.5. The molecule has 2 N–H and O–H groups in total. The number of aromatic nitrogens is 2. The summed E-state index contributed by atoms with van der Waals surface area (Å²) < 4.78 is 12.8. The van der Waals surface area contributed by atoms with Gasteiger partial charge in [0, 0.05) is 19.3 Å². The number of hydrogen-bond acceptors (Lipinski definition) is 4. The lowest BCUT2D eigenvalue weighted by Crippen LogP contribution is -2.27. The van der Waals surface area contributed by atoms with Crippen molar-refractivity contribution >= 4 is 11.9 Å². The highest BCUT2D eigenvalue weighted by atomic mass is 19.1. The molecule has 0 aliphatic carbocycles. The SMILES string of the molecule is CC(C)CCNc1nccc(C(=O)NCCc2ccc(F)cc2)n1. The summed E-state index contributed by atoms with van der Waals surface area (Å²) in [6.07, 6.45) is 3.22. The van der Waals surface area contributed by atoms with E-state index in [-0.39, 0.29) is 11.7 Å². The molecule has 0 aliphatic rings. The highest BCUT2D eigenvalue weighted by Gasteiger charge is 2.08. The van der Waals surface area contributed by atoms with Crippen molar-refractivity contribution in [2.24, 2.45) is 5.92 Å². The lowest BCUT2D eigenvalue weighted by molar-refractivity contribution is 0.0949. The maximum Gasteiger partial charge on any atom is 0.270 e. The number of carbonyl (C=O) groups excluding carboxylic acids is 1. The maximum atomic E-state index is 12.8. The van der Waals surface area contributed by atoms with Crippen molar-refractivity contribution in [3.8, 4) is 0 Å². The third-order valence-corrected chi connectivity index (χ3v) is 3.51. The molecule has 0 unspecified atom stereocenters. The zero-order valence-corrected chi connectivity index (χ0v) is 14.1. The molecule has 2 aromatic rings. The molecule has 0 radical (unpaired) electrons. The van der Waals surface area contributed by atoms with Crippen LogP contribution in [-0.4, -0.2) is 29.0 Å². The Morgan fingerprint density at radius 1 is 1.17 bits per heavy atom. The Labute approximate surface area is 141 Å². The number of benzene rings is 1. The van der Waals surface area contributed by atoms with Gasteiger partial charge in [-0.3, -0.25) is 4.79 Å². The zero-order valence-electron chi connectivity index (χ0n) is 14.1. The number of nitrogens with zero attached hydrogens (tertiary/aromatic N) is 2. The van der Waals surface area contributed by atoms with Gasteiger partial charge in [-0.15, -0.1) is 0 Å². The first kappa shape index (κ1) is 17.8. The van der Waals surface area contributed by atoms with E-state index in [9.17, 15) is 9.18 Å². The quantitative estimate of drug-likeness (QED) is 0.781. The monoisotopic (exact) mass is 330 g/mol. The molecule has 0 spiro atoms. The van der Waals surface area contributed by atoms with Gasteiger partial charge in [0.15, 0.2) is 0 Å². The van der Waals surface area contributed by atoms with E-state index in [4.69, 9.17) is 0 Å². The molecule has 24 heavy (non-hydrogen) atoms. The van der Waals surface area contributed by atoms with Gasteiger partial charge in [0.2, 0.25) is 5.95 Å². The van der Waals surface area contributed by atoms with Crippen LogP contribution in [0.3, 0.4) is 0 Å². The topological polar surface area (TPSA) is 66.9 Å². The number of amides is 1. The Morgan fingerprint density at radius 3 is 2.62 bits per heavy atom. The van der Waals surface area contributed by atoms with Gasteiger partial charge in [-0.1, -0.05) is 26.0 Å². The highest BCUT2D eigenvalue weighted by molar-refractivity contribution is 5.92. The lowest BCUT2D eigenvalue weighted by atomic mass is 10.1. The van der Waals surface area contributed by atoms with Crippen LogP contribution < -0.4 is 10.6 Å². The third-order valence-electron chi connectivity index (χ3n) is 3.51. The average Bonchev–Trinajstić information content (AvgIpc) is 2.56. The Hall–Kier alpha value is -2.50. The molecule has 6 heteroatoms. The number of anilines is 1. The summed E-state index contributed by atoms with van der Waals surface area (Å²) in [5.41, 5.74) is 1.30. The maximum absolute atomic E-state index is 12.8. The number of hydrogen-bond donors (Lipinski definition) is 2. The van der Waals surface area contributed by atoms with E-state index in [1.807, 2.05) is 0 Å². The molecule has 0 saturated heterocycles. The molecular weight excluding hydrogens is 307 g/mol. The Bertz CT molecular complexity index is 658. The van der Waals surface area contributed by atoms with Gasteiger partial charge in [0.05, 0.1) is 0 Å². The van der Waals surface area contributed by atoms with Crippen molar-refractivity contribution < 1.29 is 9.18 Å². The molecule has 0 atom stereocenters. The number of rotatable bonds is 8. The summed E-state index contributed by atoms with van der Waals surface area (Å²) in [4.78, 5) is 20.5. The zero-order chi connectivity index (χ0) is 17.4. The van der Waals surface area contributed by atoms with Gasteiger partial charge in [-0.05, 0) is 42.5 Å². The number of nitrogens with one attached hydrogen (secondary N) is 2. The van der Waals surface area contributed by atoms with E-state index in [2.05, 4.69) is 34.4 Å². The fourth-order valence-electron chi connectivity index (χ4n) is 2.10.